The van der Waals surface area contributed by atoms with Crippen LogP contribution in [0.15, 0.2) is 33.6 Å². The highest BCUT2D eigenvalue weighted by molar-refractivity contribution is 9.10. The van der Waals surface area contributed by atoms with Gasteiger partial charge < -0.3 is 10.4 Å². The van der Waals surface area contributed by atoms with E-state index in [1.54, 1.807) is 0 Å². The van der Waals surface area contributed by atoms with Gasteiger partial charge in [-0.05, 0) is 50.3 Å². The quantitative estimate of drug-likeness (QED) is 0.563. The summed E-state index contributed by atoms with van der Waals surface area (Å²) in [7, 11) is 0. The molecule has 2 nitrogen and oxygen atoms in total. The van der Waals surface area contributed by atoms with Crippen molar-refractivity contribution in [1.29, 1.82) is 0 Å². The van der Waals surface area contributed by atoms with Gasteiger partial charge in [0.05, 0.1) is 6.61 Å². The highest BCUT2D eigenvalue weighted by Gasteiger charge is 2.20. The first-order valence-electron chi connectivity index (χ1n) is 6.34. The highest BCUT2D eigenvalue weighted by atomic mass is 79.9. The van der Waals surface area contributed by atoms with E-state index in [-0.39, 0.29) is 12.1 Å². The number of hydrogen-bond donors (Lipinski definition) is 2. The molecular weight excluding hydrogens is 310 g/mol. The predicted octanol–water partition coefficient (Wildman–Crippen LogP) is 3.68. The largest absolute Gasteiger partial charge is 0.394 e. The number of halogens is 1. The molecule has 1 aromatic carbocycles. The van der Waals surface area contributed by atoms with Gasteiger partial charge >= 0.3 is 0 Å². The molecule has 0 heterocycles. The van der Waals surface area contributed by atoms with Gasteiger partial charge in [-0.1, -0.05) is 28.9 Å². The molecule has 1 aromatic rings. The van der Waals surface area contributed by atoms with Gasteiger partial charge in [0.15, 0.2) is 0 Å². The minimum Gasteiger partial charge on any atom is -0.394 e. The maximum atomic E-state index is 9.39. The third-order valence-electron chi connectivity index (χ3n) is 2.89. The molecule has 0 aliphatic heterocycles. The first-order chi connectivity index (χ1) is 8.59. The SMILES string of the molecule is CCNC(C)(CO)CCCSc1cccc(Br)c1. The Hall–Kier alpha value is -0.0300. The zero-order valence-electron chi connectivity index (χ0n) is 11.1. The summed E-state index contributed by atoms with van der Waals surface area (Å²) in [4.78, 5) is 1.29. The molecular formula is C14H22BrNOS. The number of rotatable bonds is 8. The van der Waals surface area contributed by atoms with Crippen molar-refractivity contribution < 1.29 is 5.11 Å². The smallest absolute Gasteiger partial charge is 0.0610 e. The fourth-order valence-electron chi connectivity index (χ4n) is 1.86. The third kappa shape index (κ3) is 5.74. The topological polar surface area (TPSA) is 32.3 Å². The van der Waals surface area contributed by atoms with Gasteiger partial charge in [0.1, 0.15) is 0 Å². The first kappa shape index (κ1) is 16.0. The molecule has 102 valence electrons. The van der Waals surface area contributed by atoms with Crippen LogP contribution in [0.5, 0.6) is 0 Å². The van der Waals surface area contributed by atoms with E-state index in [9.17, 15) is 5.11 Å². The Morgan fingerprint density at radius 3 is 2.83 bits per heavy atom. The van der Waals surface area contributed by atoms with Crippen molar-refractivity contribution in [3.8, 4) is 0 Å². The molecule has 0 saturated heterocycles. The molecule has 0 aromatic heterocycles. The third-order valence-corrected chi connectivity index (χ3v) is 4.46. The van der Waals surface area contributed by atoms with Crippen LogP contribution in [-0.2, 0) is 0 Å². The normalized spacial score (nSPS) is 14.4. The van der Waals surface area contributed by atoms with Gasteiger partial charge in [0, 0.05) is 14.9 Å². The van der Waals surface area contributed by atoms with Crippen LogP contribution in [0.1, 0.15) is 26.7 Å². The summed E-state index contributed by atoms with van der Waals surface area (Å²) >= 11 is 5.34. The Morgan fingerprint density at radius 2 is 2.22 bits per heavy atom. The van der Waals surface area contributed by atoms with E-state index >= 15 is 0 Å². The number of benzene rings is 1. The summed E-state index contributed by atoms with van der Waals surface area (Å²) in [6, 6.07) is 8.37. The average Bonchev–Trinajstić information content (AvgIpc) is 2.35. The summed E-state index contributed by atoms with van der Waals surface area (Å²) in [6.07, 6.45) is 2.10. The van der Waals surface area contributed by atoms with Crippen molar-refractivity contribution in [2.24, 2.45) is 0 Å². The van der Waals surface area contributed by atoms with Crippen LogP contribution in [0.3, 0.4) is 0 Å². The molecule has 18 heavy (non-hydrogen) atoms. The second-order valence-electron chi connectivity index (χ2n) is 4.66. The van der Waals surface area contributed by atoms with Crippen LogP contribution >= 0.6 is 27.7 Å². The Balaban J connectivity index is 2.30. The van der Waals surface area contributed by atoms with Gasteiger partial charge in [0.25, 0.3) is 0 Å². The lowest BCUT2D eigenvalue weighted by Gasteiger charge is -2.28. The van der Waals surface area contributed by atoms with E-state index in [1.807, 2.05) is 17.8 Å². The molecule has 1 rings (SSSR count). The summed E-state index contributed by atoms with van der Waals surface area (Å²) in [5, 5.41) is 12.7. The van der Waals surface area contributed by atoms with Crippen molar-refractivity contribution in [2.45, 2.75) is 37.1 Å². The Kier molecular flexibility index (Phi) is 7.30. The Bertz CT molecular complexity index is 361. The average molecular weight is 332 g/mol. The van der Waals surface area contributed by atoms with Crippen molar-refractivity contribution in [1.82, 2.24) is 5.32 Å². The van der Waals surface area contributed by atoms with Crippen LogP contribution in [0, 0.1) is 0 Å². The lowest BCUT2D eigenvalue weighted by atomic mass is 9.97. The number of nitrogens with one attached hydrogen (secondary N) is 1. The summed E-state index contributed by atoms with van der Waals surface area (Å²) in [5.41, 5.74) is -0.132. The van der Waals surface area contributed by atoms with Crippen molar-refractivity contribution >= 4 is 27.7 Å². The minimum absolute atomic E-state index is 0.132. The molecule has 0 bridgehead atoms. The molecule has 1 atom stereocenters. The standard InChI is InChI=1S/C14H22BrNOS/c1-3-16-14(2,11-17)8-5-9-18-13-7-4-6-12(15)10-13/h4,6-7,10,16-17H,3,5,8-9,11H2,1-2H3. The number of likely N-dealkylation sites (N-methyl/N-ethyl adjacent to an activating group) is 1. The minimum atomic E-state index is -0.132. The van der Waals surface area contributed by atoms with Gasteiger partial charge in [0.2, 0.25) is 0 Å². The van der Waals surface area contributed by atoms with E-state index in [0.29, 0.717) is 0 Å². The number of hydrogen-bond acceptors (Lipinski definition) is 3. The molecule has 0 spiro atoms. The maximum Gasteiger partial charge on any atom is 0.0610 e. The number of thioether (sulfide) groups is 1. The number of aliphatic hydroxyl groups excluding tert-OH is 1. The molecule has 4 heteroatoms. The Labute approximate surface area is 123 Å². The zero-order valence-corrected chi connectivity index (χ0v) is 13.5. The summed E-state index contributed by atoms with van der Waals surface area (Å²) in [6.45, 7) is 5.25. The van der Waals surface area contributed by atoms with Crippen LogP contribution < -0.4 is 5.32 Å². The van der Waals surface area contributed by atoms with Crippen LogP contribution in [0.25, 0.3) is 0 Å². The van der Waals surface area contributed by atoms with Crippen LogP contribution in [0.2, 0.25) is 0 Å². The van der Waals surface area contributed by atoms with Gasteiger partial charge in [-0.25, -0.2) is 0 Å². The fourth-order valence-corrected chi connectivity index (χ4v) is 3.32. The van der Waals surface area contributed by atoms with Crippen molar-refractivity contribution in [3.05, 3.63) is 28.7 Å². The Morgan fingerprint density at radius 1 is 1.44 bits per heavy atom. The molecule has 2 N–H and O–H groups in total. The molecule has 0 aliphatic carbocycles. The van der Waals surface area contributed by atoms with Crippen LogP contribution in [0.4, 0.5) is 0 Å². The molecule has 0 amide bonds. The van der Waals surface area contributed by atoms with E-state index < -0.39 is 0 Å². The lowest BCUT2D eigenvalue weighted by Crippen LogP contribution is -2.45. The van der Waals surface area contributed by atoms with Crippen molar-refractivity contribution in [3.63, 3.8) is 0 Å². The van der Waals surface area contributed by atoms with Gasteiger partial charge in [-0.15, -0.1) is 11.8 Å². The fraction of sp³-hybridized carbons (Fsp3) is 0.571. The molecule has 0 aliphatic rings. The zero-order chi connectivity index (χ0) is 13.4. The second kappa shape index (κ2) is 8.20. The second-order valence-corrected chi connectivity index (χ2v) is 6.74. The molecule has 0 fully saturated rings. The molecule has 1 unspecified atom stereocenters. The first-order valence-corrected chi connectivity index (χ1v) is 8.12. The predicted molar refractivity (Wildman–Crippen MR) is 83.3 cm³/mol. The van der Waals surface area contributed by atoms with Crippen LogP contribution in [-0.4, -0.2) is 29.5 Å². The van der Waals surface area contributed by atoms with E-state index in [1.165, 1.54) is 4.90 Å². The highest BCUT2D eigenvalue weighted by Crippen LogP contribution is 2.24. The van der Waals surface area contributed by atoms with E-state index in [0.717, 1.165) is 29.6 Å². The molecule has 0 saturated carbocycles. The monoisotopic (exact) mass is 331 g/mol. The molecule has 0 radical (unpaired) electrons. The van der Waals surface area contributed by atoms with E-state index in [2.05, 4.69) is 53.3 Å². The number of aliphatic hydroxyl groups is 1. The van der Waals surface area contributed by atoms with Gasteiger partial charge in [-0.3, -0.25) is 0 Å². The lowest BCUT2D eigenvalue weighted by molar-refractivity contribution is 0.167. The summed E-state index contributed by atoms with van der Waals surface area (Å²) < 4.78 is 1.13. The maximum absolute atomic E-state index is 9.39. The summed E-state index contributed by atoms with van der Waals surface area (Å²) in [5.74, 6) is 1.08. The van der Waals surface area contributed by atoms with Gasteiger partial charge in [-0.2, -0.15) is 0 Å². The van der Waals surface area contributed by atoms with E-state index in [4.69, 9.17) is 0 Å². The van der Waals surface area contributed by atoms with Crippen molar-refractivity contribution in [2.75, 3.05) is 18.9 Å².